The molecule has 0 amide bonds. The number of benzene rings is 6. The SMILES string of the molecule is N#Cc1c(-n2c3ccccc3c3c4oc5ccccc5c4ccc32)ccc(-n2c3ccccc3c3ccccc32)c1C=N. The molecule has 5 heteroatoms. The Morgan fingerprint density at radius 2 is 1.12 bits per heavy atom. The van der Waals surface area contributed by atoms with Crippen LogP contribution in [0.1, 0.15) is 11.1 Å². The normalized spacial score (nSPS) is 11.8. The van der Waals surface area contributed by atoms with Crippen molar-refractivity contribution in [2.24, 2.45) is 0 Å². The van der Waals surface area contributed by atoms with Gasteiger partial charge in [0.25, 0.3) is 0 Å². The van der Waals surface area contributed by atoms with Gasteiger partial charge in [-0.15, -0.1) is 0 Å². The molecular formula is C38H22N4O. The average molecular weight is 551 g/mol. The van der Waals surface area contributed by atoms with Gasteiger partial charge >= 0.3 is 0 Å². The van der Waals surface area contributed by atoms with Gasteiger partial charge in [0.1, 0.15) is 17.2 Å². The van der Waals surface area contributed by atoms with Gasteiger partial charge in [0, 0.05) is 38.7 Å². The predicted octanol–water partition coefficient (Wildman–Crippen LogP) is 9.65. The van der Waals surface area contributed by atoms with Gasteiger partial charge in [0.05, 0.1) is 44.4 Å². The molecule has 3 aromatic heterocycles. The van der Waals surface area contributed by atoms with E-state index in [1.807, 2.05) is 66.7 Å². The standard InChI is InChI=1S/C38H22N4O/c39-21-28-29(22-40)34(20-19-33(28)41-30-13-5-1-9-23(30)24-10-2-6-14-31(24)41)42-32-15-7-3-12-27(32)37-35(42)18-17-26-25-11-4-8-16-36(25)43-38(26)37/h1-21,39H. The second kappa shape index (κ2) is 8.69. The van der Waals surface area contributed by atoms with Gasteiger partial charge in [-0.25, -0.2) is 0 Å². The molecule has 3 heterocycles. The lowest BCUT2D eigenvalue weighted by Crippen LogP contribution is -2.06. The molecule has 5 nitrogen and oxygen atoms in total. The lowest BCUT2D eigenvalue weighted by molar-refractivity contribution is 0.673. The molecule has 1 N–H and O–H groups in total. The van der Waals surface area contributed by atoms with E-state index >= 15 is 0 Å². The van der Waals surface area contributed by atoms with E-state index in [0.29, 0.717) is 11.1 Å². The number of hydrogen-bond acceptors (Lipinski definition) is 3. The average Bonchev–Trinajstić information content (AvgIpc) is 3.71. The molecule has 0 radical (unpaired) electrons. The molecule has 0 unspecified atom stereocenters. The van der Waals surface area contributed by atoms with E-state index in [0.717, 1.165) is 76.9 Å². The molecule has 0 spiro atoms. The van der Waals surface area contributed by atoms with Crippen molar-refractivity contribution < 1.29 is 4.42 Å². The molecule has 0 aliphatic rings. The van der Waals surface area contributed by atoms with Crippen molar-refractivity contribution in [3.63, 3.8) is 0 Å². The summed E-state index contributed by atoms with van der Waals surface area (Å²) in [5.74, 6) is 0. The van der Waals surface area contributed by atoms with E-state index in [1.165, 1.54) is 6.21 Å². The molecule has 0 aliphatic carbocycles. The first-order chi connectivity index (χ1) is 21.3. The van der Waals surface area contributed by atoms with Gasteiger partial charge in [-0.1, -0.05) is 72.8 Å². The van der Waals surface area contributed by atoms with Gasteiger partial charge in [-0.05, 0) is 48.5 Å². The summed E-state index contributed by atoms with van der Waals surface area (Å²) in [6.07, 6.45) is 1.31. The van der Waals surface area contributed by atoms with Crippen LogP contribution < -0.4 is 0 Å². The fraction of sp³-hybridized carbons (Fsp3) is 0. The largest absolute Gasteiger partial charge is 0.455 e. The lowest BCUT2D eigenvalue weighted by atomic mass is 10.0. The van der Waals surface area contributed by atoms with Crippen LogP contribution in [0.15, 0.2) is 126 Å². The molecule has 0 bridgehead atoms. The van der Waals surface area contributed by atoms with E-state index in [4.69, 9.17) is 9.83 Å². The number of furan rings is 1. The summed E-state index contributed by atoms with van der Waals surface area (Å²) in [6, 6.07) is 43.7. The maximum Gasteiger partial charge on any atom is 0.145 e. The fourth-order valence-corrected chi connectivity index (χ4v) is 6.92. The van der Waals surface area contributed by atoms with E-state index in [1.54, 1.807) is 0 Å². The van der Waals surface area contributed by atoms with Crippen LogP contribution in [0, 0.1) is 16.7 Å². The quantitative estimate of drug-likeness (QED) is 0.223. The number of fused-ring (bicyclic) bond motifs is 10. The van der Waals surface area contributed by atoms with Crippen molar-refractivity contribution in [3.8, 4) is 17.4 Å². The van der Waals surface area contributed by atoms with E-state index < -0.39 is 0 Å². The molecule has 43 heavy (non-hydrogen) atoms. The van der Waals surface area contributed by atoms with E-state index in [9.17, 15) is 5.26 Å². The zero-order valence-electron chi connectivity index (χ0n) is 22.9. The minimum atomic E-state index is 0.446. The summed E-state index contributed by atoms with van der Waals surface area (Å²) in [6.45, 7) is 0. The van der Waals surface area contributed by atoms with Crippen molar-refractivity contribution in [2.45, 2.75) is 0 Å². The van der Waals surface area contributed by atoms with Crippen molar-refractivity contribution in [1.29, 1.82) is 10.7 Å². The first-order valence-corrected chi connectivity index (χ1v) is 14.2. The number of nitrogens with one attached hydrogen (secondary N) is 1. The van der Waals surface area contributed by atoms with Crippen LogP contribution >= 0.6 is 0 Å². The Labute approximate surface area is 245 Å². The van der Waals surface area contributed by atoms with Gasteiger partial charge in [0.15, 0.2) is 0 Å². The Kier molecular flexibility index (Phi) is 4.76. The van der Waals surface area contributed by atoms with Gasteiger partial charge in [-0.2, -0.15) is 5.26 Å². The van der Waals surface area contributed by atoms with E-state index in [2.05, 4.69) is 69.8 Å². The van der Waals surface area contributed by atoms with Crippen LogP contribution in [0.3, 0.4) is 0 Å². The summed E-state index contributed by atoms with van der Waals surface area (Å²) < 4.78 is 10.8. The van der Waals surface area contributed by atoms with Gasteiger partial charge in [-0.3, -0.25) is 0 Å². The van der Waals surface area contributed by atoms with Crippen LogP contribution in [-0.4, -0.2) is 15.3 Å². The summed E-state index contributed by atoms with van der Waals surface area (Å²) >= 11 is 0. The summed E-state index contributed by atoms with van der Waals surface area (Å²) in [7, 11) is 0. The number of hydrogen-bond donors (Lipinski definition) is 1. The molecule has 9 aromatic rings. The van der Waals surface area contributed by atoms with Crippen LogP contribution in [0.2, 0.25) is 0 Å². The third kappa shape index (κ3) is 3.07. The molecule has 0 saturated carbocycles. The second-order valence-corrected chi connectivity index (χ2v) is 10.8. The summed E-state index contributed by atoms with van der Waals surface area (Å²) in [5.41, 5.74) is 8.22. The lowest BCUT2D eigenvalue weighted by Gasteiger charge is -2.17. The van der Waals surface area contributed by atoms with Crippen LogP contribution in [0.25, 0.3) is 76.9 Å². The molecule has 9 rings (SSSR count). The molecule has 6 aromatic carbocycles. The van der Waals surface area contributed by atoms with Crippen LogP contribution in [0.4, 0.5) is 0 Å². The topological polar surface area (TPSA) is 70.6 Å². The highest BCUT2D eigenvalue weighted by atomic mass is 16.3. The Hall–Kier alpha value is -6.12. The number of nitriles is 1. The highest BCUT2D eigenvalue weighted by molar-refractivity contribution is 6.24. The van der Waals surface area contributed by atoms with Crippen molar-refractivity contribution in [1.82, 2.24) is 9.13 Å². The van der Waals surface area contributed by atoms with Crippen molar-refractivity contribution in [3.05, 3.63) is 132 Å². The highest BCUT2D eigenvalue weighted by Gasteiger charge is 2.23. The molecule has 200 valence electrons. The predicted molar refractivity (Wildman–Crippen MR) is 175 cm³/mol. The number of para-hydroxylation sites is 4. The van der Waals surface area contributed by atoms with Crippen LogP contribution in [-0.2, 0) is 0 Å². The maximum absolute atomic E-state index is 10.7. The summed E-state index contributed by atoms with van der Waals surface area (Å²) in [4.78, 5) is 0. The van der Waals surface area contributed by atoms with Crippen molar-refractivity contribution >= 4 is 71.8 Å². The highest BCUT2D eigenvalue weighted by Crippen LogP contribution is 2.42. The zero-order valence-corrected chi connectivity index (χ0v) is 22.9. The number of rotatable bonds is 3. The van der Waals surface area contributed by atoms with E-state index in [-0.39, 0.29) is 0 Å². The van der Waals surface area contributed by atoms with Crippen LogP contribution in [0.5, 0.6) is 0 Å². The fourth-order valence-electron chi connectivity index (χ4n) is 6.92. The molecule has 0 aliphatic heterocycles. The Morgan fingerprint density at radius 1 is 0.558 bits per heavy atom. The molecule has 0 saturated heterocycles. The zero-order chi connectivity index (χ0) is 28.7. The molecule has 0 atom stereocenters. The first kappa shape index (κ1) is 23.6. The third-order valence-corrected chi connectivity index (χ3v) is 8.70. The Balaban J connectivity index is 1.39. The minimum absolute atomic E-state index is 0.446. The number of nitrogens with zero attached hydrogens (tertiary/aromatic N) is 3. The minimum Gasteiger partial charge on any atom is -0.455 e. The monoisotopic (exact) mass is 550 g/mol. The van der Waals surface area contributed by atoms with Gasteiger partial charge in [0.2, 0.25) is 0 Å². The third-order valence-electron chi connectivity index (χ3n) is 8.70. The smallest absolute Gasteiger partial charge is 0.145 e. The Bertz CT molecular complexity index is 2610. The van der Waals surface area contributed by atoms with Crippen molar-refractivity contribution in [2.75, 3.05) is 0 Å². The first-order valence-electron chi connectivity index (χ1n) is 14.2. The maximum atomic E-state index is 10.7. The van der Waals surface area contributed by atoms with Gasteiger partial charge < -0.3 is 19.0 Å². The number of aromatic nitrogens is 2. The Morgan fingerprint density at radius 3 is 1.79 bits per heavy atom. The summed E-state index contributed by atoms with van der Waals surface area (Å²) in [5, 5.41) is 25.7. The second-order valence-electron chi connectivity index (χ2n) is 10.8. The molecule has 0 fully saturated rings. The molecular weight excluding hydrogens is 528 g/mol.